The number of hydrogen-bond acceptors (Lipinski definition) is 4. The van der Waals surface area contributed by atoms with Crippen molar-refractivity contribution in [3.63, 3.8) is 0 Å². The Bertz CT molecular complexity index is 637. The van der Waals surface area contributed by atoms with Crippen molar-refractivity contribution < 1.29 is 0 Å². The van der Waals surface area contributed by atoms with Gasteiger partial charge in [-0.25, -0.2) is 4.98 Å². The van der Waals surface area contributed by atoms with Crippen molar-refractivity contribution in [2.75, 3.05) is 17.6 Å². The number of nitrogens with two attached hydrogens (primary N) is 1. The van der Waals surface area contributed by atoms with E-state index in [1.807, 2.05) is 6.92 Å². The second-order valence-corrected chi connectivity index (χ2v) is 5.93. The third-order valence-electron chi connectivity index (χ3n) is 4.17. The quantitative estimate of drug-likeness (QED) is 0.720. The van der Waals surface area contributed by atoms with Crippen molar-refractivity contribution in [2.24, 2.45) is 0 Å². The van der Waals surface area contributed by atoms with E-state index in [1.165, 1.54) is 24.0 Å². The average Bonchev–Trinajstić information content (AvgIpc) is 2.55. The van der Waals surface area contributed by atoms with Crippen LogP contribution in [0.15, 0.2) is 24.3 Å². The second-order valence-electron chi connectivity index (χ2n) is 5.93. The van der Waals surface area contributed by atoms with E-state index >= 15 is 0 Å². The number of rotatable bonds is 8. The minimum atomic E-state index is 0.341. The Labute approximate surface area is 139 Å². The first-order valence-corrected chi connectivity index (χ1v) is 8.59. The molecular weight excluding hydrogens is 284 g/mol. The minimum absolute atomic E-state index is 0.341. The van der Waals surface area contributed by atoms with Crippen LogP contribution in [0.25, 0.3) is 0 Å². The molecule has 3 N–H and O–H groups in total. The molecule has 0 amide bonds. The summed E-state index contributed by atoms with van der Waals surface area (Å²) < 4.78 is 0. The zero-order valence-corrected chi connectivity index (χ0v) is 14.5. The summed E-state index contributed by atoms with van der Waals surface area (Å²) in [5.74, 6) is 1.23. The number of unbranched alkanes of at least 4 members (excludes halogenated alkanes) is 2. The molecule has 2 aromatic rings. The van der Waals surface area contributed by atoms with Gasteiger partial charge in [0.15, 0.2) is 0 Å². The number of aromatic nitrogens is 2. The molecule has 0 unspecified atom stereocenters. The normalized spacial score (nSPS) is 10.7. The van der Waals surface area contributed by atoms with Crippen molar-refractivity contribution in [3.05, 3.63) is 46.6 Å². The van der Waals surface area contributed by atoms with Crippen molar-refractivity contribution in [3.8, 4) is 0 Å². The highest BCUT2D eigenvalue weighted by atomic mass is 15.1. The summed E-state index contributed by atoms with van der Waals surface area (Å²) in [4.78, 5) is 8.80. The Morgan fingerprint density at radius 1 is 1.04 bits per heavy atom. The number of hydrogen-bond donors (Lipinski definition) is 2. The van der Waals surface area contributed by atoms with Crippen LogP contribution in [0.4, 0.5) is 11.8 Å². The summed E-state index contributed by atoms with van der Waals surface area (Å²) in [5.41, 5.74) is 10.7. The fourth-order valence-corrected chi connectivity index (χ4v) is 2.82. The van der Waals surface area contributed by atoms with E-state index < -0.39 is 0 Å². The fourth-order valence-electron chi connectivity index (χ4n) is 2.82. The molecule has 4 heteroatoms. The standard InChI is InChI=1S/C19H28N4/c1-4-6-9-12-21-18-17(14(3)22-19(20)23-18)13-16-11-8-7-10-15(16)5-2/h7-8,10-11H,4-6,9,12-13H2,1-3H3,(H3,20,21,22,23). The van der Waals surface area contributed by atoms with Crippen LogP contribution in [0.2, 0.25) is 0 Å². The highest BCUT2D eigenvalue weighted by Gasteiger charge is 2.12. The number of nitrogens with zero attached hydrogens (tertiary/aromatic N) is 2. The molecule has 0 atom stereocenters. The fraction of sp³-hybridized carbons (Fsp3) is 0.474. The maximum absolute atomic E-state index is 5.85. The Balaban J connectivity index is 2.25. The largest absolute Gasteiger partial charge is 0.370 e. The van der Waals surface area contributed by atoms with Gasteiger partial charge < -0.3 is 11.1 Å². The first kappa shape index (κ1) is 17.3. The number of nitrogen functional groups attached to an aromatic ring is 1. The number of benzene rings is 1. The van der Waals surface area contributed by atoms with Gasteiger partial charge in [-0.05, 0) is 30.9 Å². The smallest absolute Gasteiger partial charge is 0.222 e. The molecular formula is C19H28N4. The molecule has 23 heavy (non-hydrogen) atoms. The van der Waals surface area contributed by atoms with Gasteiger partial charge in [0.1, 0.15) is 5.82 Å². The molecule has 124 valence electrons. The minimum Gasteiger partial charge on any atom is -0.370 e. The van der Waals surface area contributed by atoms with E-state index in [4.69, 9.17) is 5.73 Å². The molecule has 4 nitrogen and oxygen atoms in total. The van der Waals surface area contributed by atoms with Crippen molar-refractivity contribution >= 4 is 11.8 Å². The van der Waals surface area contributed by atoms with Gasteiger partial charge in [0.05, 0.1) is 0 Å². The molecule has 0 saturated carbocycles. The molecule has 0 spiro atoms. The number of aryl methyl sites for hydroxylation is 2. The molecule has 1 heterocycles. The summed E-state index contributed by atoms with van der Waals surface area (Å²) in [6, 6.07) is 8.57. The van der Waals surface area contributed by atoms with E-state index in [1.54, 1.807) is 0 Å². The van der Waals surface area contributed by atoms with Crippen molar-refractivity contribution in [1.82, 2.24) is 9.97 Å². The molecule has 0 aliphatic carbocycles. The first-order valence-electron chi connectivity index (χ1n) is 8.59. The van der Waals surface area contributed by atoms with Crippen LogP contribution in [0, 0.1) is 6.92 Å². The maximum Gasteiger partial charge on any atom is 0.222 e. The molecule has 1 aromatic carbocycles. The van der Waals surface area contributed by atoms with Crippen LogP contribution in [0.1, 0.15) is 55.5 Å². The SMILES string of the molecule is CCCCCNc1nc(N)nc(C)c1Cc1ccccc1CC. The van der Waals surface area contributed by atoms with Crippen LogP contribution < -0.4 is 11.1 Å². The van der Waals surface area contributed by atoms with Gasteiger partial charge in [-0.15, -0.1) is 0 Å². The van der Waals surface area contributed by atoms with E-state index in [-0.39, 0.29) is 0 Å². The third-order valence-corrected chi connectivity index (χ3v) is 4.17. The highest BCUT2D eigenvalue weighted by molar-refractivity contribution is 5.52. The van der Waals surface area contributed by atoms with Crippen molar-refractivity contribution in [1.29, 1.82) is 0 Å². The first-order chi connectivity index (χ1) is 11.2. The lowest BCUT2D eigenvalue weighted by molar-refractivity contribution is 0.741. The summed E-state index contributed by atoms with van der Waals surface area (Å²) in [6.07, 6.45) is 5.45. The zero-order valence-electron chi connectivity index (χ0n) is 14.5. The van der Waals surface area contributed by atoms with Gasteiger partial charge in [-0.2, -0.15) is 4.98 Å². The zero-order chi connectivity index (χ0) is 16.7. The van der Waals surface area contributed by atoms with Crippen LogP contribution in [0.3, 0.4) is 0 Å². The lowest BCUT2D eigenvalue weighted by Gasteiger charge is -2.15. The van der Waals surface area contributed by atoms with Crippen molar-refractivity contribution in [2.45, 2.75) is 52.9 Å². The molecule has 0 aliphatic rings. The maximum atomic E-state index is 5.85. The van der Waals surface area contributed by atoms with Crippen LogP contribution in [0.5, 0.6) is 0 Å². The summed E-state index contributed by atoms with van der Waals surface area (Å²) in [5, 5.41) is 3.46. The molecule has 0 saturated heterocycles. The topological polar surface area (TPSA) is 63.8 Å². The van der Waals surface area contributed by atoms with E-state index in [0.717, 1.165) is 42.9 Å². The number of nitrogens with one attached hydrogen (secondary N) is 1. The Kier molecular flexibility index (Phi) is 6.39. The van der Waals surface area contributed by atoms with Crippen LogP contribution >= 0.6 is 0 Å². The van der Waals surface area contributed by atoms with Crippen LogP contribution in [-0.4, -0.2) is 16.5 Å². The van der Waals surface area contributed by atoms with E-state index in [0.29, 0.717) is 5.95 Å². The van der Waals surface area contributed by atoms with Crippen LogP contribution in [-0.2, 0) is 12.8 Å². The Hall–Kier alpha value is -2.10. The summed E-state index contributed by atoms with van der Waals surface area (Å²) >= 11 is 0. The Morgan fingerprint density at radius 2 is 1.78 bits per heavy atom. The predicted octanol–water partition coefficient (Wildman–Crippen LogP) is 4.12. The highest BCUT2D eigenvalue weighted by Crippen LogP contribution is 2.23. The predicted molar refractivity (Wildman–Crippen MR) is 97.8 cm³/mol. The third kappa shape index (κ3) is 4.68. The molecule has 1 aromatic heterocycles. The second kappa shape index (κ2) is 8.51. The van der Waals surface area contributed by atoms with Gasteiger partial charge in [0.2, 0.25) is 5.95 Å². The van der Waals surface area contributed by atoms with Gasteiger partial charge in [-0.3, -0.25) is 0 Å². The van der Waals surface area contributed by atoms with Gasteiger partial charge in [-0.1, -0.05) is 51.0 Å². The molecule has 0 aliphatic heterocycles. The monoisotopic (exact) mass is 312 g/mol. The molecule has 0 radical (unpaired) electrons. The lowest BCUT2D eigenvalue weighted by Crippen LogP contribution is -2.12. The number of anilines is 2. The van der Waals surface area contributed by atoms with E-state index in [2.05, 4.69) is 53.4 Å². The average molecular weight is 312 g/mol. The summed E-state index contributed by atoms with van der Waals surface area (Å²) in [6.45, 7) is 7.33. The van der Waals surface area contributed by atoms with E-state index in [9.17, 15) is 0 Å². The Morgan fingerprint density at radius 3 is 2.48 bits per heavy atom. The van der Waals surface area contributed by atoms with Gasteiger partial charge in [0.25, 0.3) is 0 Å². The molecule has 2 rings (SSSR count). The lowest BCUT2D eigenvalue weighted by atomic mass is 9.98. The van der Waals surface area contributed by atoms with Gasteiger partial charge in [0, 0.05) is 24.2 Å². The molecule has 0 fully saturated rings. The van der Waals surface area contributed by atoms with Gasteiger partial charge >= 0.3 is 0 Å². The summed E-state index contributed by atoms with van der Waals surface area (Å²) in [7, 11) is 0. The molecule has 0 bridgehead atoms.